The Morgan fingerprint density at radius 1 is 1.62 bits per heavy atom. The fourth-order valence-electron chi connectivity index (χ4n) is 0.762. The lowest BCUT2D eigenvalue weighted by Crippen LogP contribution is -1.87. The minimum absolute atomic E-state index is 0.443. The predicted molar refractivity (Wildman–Crippen MR) is 32.1 cm³/mol. The van der Waals surface area contributed by atoms with Gasteiger partial charge in [0.2, 0.25) is 0 Å². The Hall–Kier alpha value is -0.720. The average molecular weight is 111 g/mol. The molecule has 1 aliphatic rings. The van der Waals surface area contributed by atoms with E-state index in [4.69, 9.17) is 0 Å². The van der Waals surface area contributed by atoms with Gasteiger partial charge in [-0.2, -0.15) is 0 Å². The molecule has 0 aliphatic heterocycles. The molecule has 0 aromatic carbocycles. The molecule has 0 saturated heterocycles. The van der Waals surface area contributed by atoms with Gasteiger partial charge in [-0.25, -0.2) is 4.39 Å². The molecule has 1 unspecified atom stereocenters. The van der Waals surface area contributed by atoms with E-state index in [9.17, 15) is 4.39 Å². The molecule has 1 aliphatic carbocycles. The molecule has 1 fully saturated rings. The first-order chi connectivity index (χ1) is 3.70. The molecule has 1 atom stereocenters. The zero-order valence-electron chi connectivity index (χ0n) is 4.65. The van der Waals surface area contributed by atoms with Crippen molar-refractivity contribution >= 4 is 0 Å². The van der Waals surface area contributed by atoms with E-state index in [2.05, 4.69) is 13.2 Å². The number of hydrogen-bond acceptors (Lipinski definition) is 0. The summed E-state index contributed by atoms with van der Waals surface area (Å²) in [5.41, 5.74) is 1.59. The molecule has 0 bridgehead atoms. The van der Waals surface area contributed by atoms with Gasteiger partial charge in [-0.05, 0) is 6.58 Å². The molecular weight excluding hydrogens is 103 g/mol. The number of hydrogen-bond donors (Lipinski definition) is 0. The van der Waals surface area contributed by atoms with Gasteiger partial charge in [0.1, 0.15) is 5.57 Å². The van der Waals surface area contributed by atoms with Crippen LogP contribution in [0, 0.1) is 6.42 Å². The van der Waals surface area contributed by atoms with Gasteiger partial charge >= 0.3 is 0 Å². The second kappa shape index (κ2) is 1.66. The molecule has 0 amide bonds. The monoisotopic (exact) mass is 111 g/mol. The van der Waals surface area contributed by atoms with Gasteiger partial charge in [0.15, 0.2) is 6.17 Å². The minimum atomic E-state index is -0.824. The standard InChI is InChI=1S/C7H8F/c1-5-3-7(8)4-6(5)2/h3,7H,1-2,4H2/q+1. The largest absolute Gasteiger partial charge is 0.226 e. The Labute approximate surface area is 48.7 Å². The lowest BCUT2D eigenvalue weighted by Gasteiger charge is -1.80. The molecule has 0 spiro atoms. The number of alkyl halides is 1. The van der Waals surface area contributed by atoms with Gasteiger partial charge in [0.25, 0.3) is 0 Å². The van der Waals surface area contributed by atoms with Crippen LogP contribution in [0.5, 0.6) is 0 Å². The summed E-state index contributed by atoms with van der Waals surface area (Å²) in [5, 5.41) is 0. The van der Waals surface area contributed by atoms with Crippen LogP contribution in [-0.2, 0) is 0 Å². The lowest BCUT2D eigenvalue weighted by molar-refractivity contribution is 0.397. The quantitative estimate of drug-likeness (QED) is 0.420. The van der Waals surface area contributed by atoms with Gasteiger partial charge in [0.05, 0.1) is 18.4 Å². The molecule has 0 nitrogen and oxygen atoms in total. The van der Waals surface area contributed by atoms with Gasteiger partial charge in [-0.1, -0.05) is 0 Å². The van der Waals surface area contributed by atoms with E-state index in [0.717, 1.165) is 11.1 Å². The third-order valence-corrected chi connectivity index (χ3v) is 1.28. The summed E-state index contributed by atoms with van der Waals surface area (Å²) < 4.78 is 12.2. The van der Waals surface area contributed by atoms with Crippen LogP contribution in [0.25, 0.3) is 0 Å². The Bertz CT molecular complexity index is 119. The predicted octanol–water partition coefficient (Wildman–Crippen LogP) is 2.04. The number of halogens is 1. The smallest absolute Gasteiger partial charge is 0.178 e. The van der Waals surface area contributed by atoms with Crippen LogP contribution in [0.2, 0.25) is 0 Å². The van der Waals surface area contributed by atoms with Crippen LogP contribution in [0.3, 0.4) is 0 Å². The van der Waals surface area contributed by atoms with Crippen LogP contribution in [0.1, 0.15) is 6.42 Å². The Kier molecular flexibility index (Phi) is 1.12. The molecule has 8 heavy (non-hydrogen) atoms. The van der Waals surface area contributed by atoms with E-state index in [0.29, 0.717) is 6.42 Å². The van der Waals surface area contributed by atoms with Gasteiger partial charge < -0.3 is 0 Å². The van der Waals surface area contributed by atoms with Crippen molar-refractivity contribution < 1.29 is 4.39 Å². The zero-order valence-corrected chi connectivity index (χ0v) is 4.65. The lowest BCUT2D eigenvalue weighted by atomic mass is 10.2. The topological polar surface area (TPSA) is 0 Å². The number of allylic oxidation sites excluding steroid dienone is 2. The van der Waals surface area contributed by atoms with Crippen LogP contribution >= 0.6 is 0 Å². The molecular formula is C7H8F+. The molecule has 1 rings (SSSR count). The van der Waals surface area contributed by atoms with E-state index in [1.807, 2.05) is 0 Å². The van der Waals surface area contributed by atoms with Crippen molar-refractivity contribution in [3.8, 4) is 0 Å². The van der Waals surface area contributed by atoms with Crippen molar-refractivity contribution in [2.75, 3.05) is 0 Å². The Balaban J connectivity index is 2.64. The highest BCUT2D eigenvalue weighted by Crippen LogP contribution is 2.28. The summed E-state index contributed by atoms with van der Waals surface area (Å²) in [6, 6.07) is 0. The Morgan fingerprint density at radius 3 is 2.38 bits per heavy atom. The van der Waals surface area contributed by atoms with E-state index >= 15 is 0 Å². The van der Waals surface area contributed by atoms with Crippen molar-refractivity contribution in [3.63, 3.8) is 0 Å². The second-order valence-electron chi connectivity index (χ2n) is 2.02. The molecule has 42 valence electrons. The van der Waals surface area contributed by atoms with E-state index < -0.39 is 6.17 Å². The van der Waals surface area contributed by atoms with Crippen LogP contribution < -0.4 is 0 Å². The molecule has 1 saturated carbocycles. The maximum Gasteiger partial charge on any atom is 0.178 e. The first-order valence-corrected chi connectivity index (χ1v) is 2.56. The Morgan fingerprint density at radius 2 is 2.25 bits per heavy atom. The molecule has 0 heterocycles. The van der Waals surface area contributed by atoms with Gasteiger partial charge in [0, 0.05) is 6.58 Å². The van der Waals surface area contributed by atoms with Crippen molar-refractivity contribution in [1.82, 2.24) is 0 Å². The first-order valence-electron chi connectivity index (χ1n) is 2.56. The summed E-state index contributed by atoms with van der Waals surface area (Å²) >= 11 is 0. The van der Waals surface area contributed by atoms with E-state index in [-0.39, 0.29) is 0 Å². The fraction of sp³-hybridized carbons (Fsp3) is 0.286. The summed E-state index contributed by atoms with van der Waals surface area (Å²) in [5.74, 6) is 0. The van der Waals surface area contributed by atoms with Crippen LogP contribution in [0.4, 0.5) is 4.39 Å². The highest BCUT2D eigenvalue weighted by Gasteiger charge is 2.28. The summed E-state index contributed by atoms with van der Waals surface area (Å²) in [4.78, 5) is 0. The highest BCUT2D eigenvalue weighted by atomic mass is 19.1. The minimum Gasteiger partial charge on any atom is -0.226 e. The normalized spacial score (nSPS) is 28.4. The summed E-state index contributed by atoms with van der Waals surface area (Å²) in [6.07, 6.45) is 1.12. The first kappa shape index (κ1) is 5.42. The molecule has 0 aromatic heterocycles. The SMILES string of the molecule is C=C1[CH+]C(F)CC1=C. The maximum atomic E-state index is 12.2. The van der Waals surface area contributed by atoms with Gasteiger partial charge in [-0.15, -0.1) is 0 Å². The van der Waals surface area contributed by atoms with E-state index in [1.165, 1.54) is 6.42 Å². The average Bonchev–Trinajstić information content (AvgIpc) is 1.85. The third-order valence-electron chi connectivity index (χ3n) is 1.28. The van der Waals surface area contributed by atoms with Crippen molar-refractivity contribution in [2.45, 2.75) is 12.6 Å². The van der Waals surface area contributed by atoms with Gasteiger partial charge in [-0.3, -0.25) is 0 Å². The second-order valence-corrected chi connectivity index (χ2v) is 2.02. The van der Waals surface area contributed by atoms with Crippen molar-refractivity contribution in [3.05, 3.63) is 30.7 Å². The maximum absolute atomic E-state index is 12.2. The number of rotatable bonds is 0. The molecule has 0 radical (unpaired) electrons. The third kappa shape index (κ3) is 0.760. The van der Waals surface area contributed by atoms with Crippen LogP contribution in [-0.4, -0.2) is 6.17 Å². The zero-order chi connectivity index (χ0) is 6.15. The molecule has 0 N–H and O–H groups in total. The van der Waals surface area contributed by atoms with E-state index in [1.54, 1.807) is 0 Å². The summed E-state index contributed by atoms with van der Waals surface area (Å²) in [7, 11) is 0. The molecule has 0 aromatic rings. The fourth-order valence-corrected chi connectivity index (χ4v) is 0.762. The molecule has 1 heteroatoms. The summed E-state index contributed by atoms with van der Waals surface area (Å²) in [6.45, 7) is 7.21. The highest BCUT2D eigenvalue weighted by molar-refractivity contribution is 5.40. The van der Waals surface area contributed by atoms with Crippen molar-refractivity contribution in [1.29, 1.82) is 0 Å². The van der Waals surface area contributed by atoms with Crippen molar-refractivity contribution in [2.24, 2.45) is 0 Å². The van der Waals surface area contributed by atoms with Crippen LogP contribution in [0.15, 0.2) is 24.3 Å².